The minimum Gasteiger partial charge on any atom is -0.384 e. The van der Waals surface area contributed by atoms with Gasteiger partial charge in [0.15, 0.2) is 0 Å². The topological polar surface area (TPSA) is 9.23 Å². The van der Waals surface area contributed by atoms with Gasteiger partial charge in [0.2, 0.25) is 0 Å². The minimum atomic E-state index is 0.856. The number of ether oxygens (including phenoxy) is 1. The Morgan fingerprint density at radius 1 is 1.40 bits per heavy atom. The van der Waals surface area contributed by atoms with Crippen LogP contribution in [0.3, 0.4) is 0 Å². The minimum absolute atomic E-state index is 0.856. The molecule has 10 heavy (non-hydrogen) atoms. The molecule has 0 aliphatic heterocycles. The van der Waals surface area contributed by atoms with Crippen molar-refractivity contribution in [3.05, 3.63) is 0 Å². The van der Waals surface area contributed by atoms with Gasteiger partial charge in [0, 0.05) is 13.7 Å². The van der Waals surface area contributed by atoms with Gasteiger partial charge < -0.3 is 4.74 Å². The first-order valence-corrected chi connectivity index (χ1v) is 4.28. The molecule has 1 rings (SSSR count). The Hall–Kier alpha value is -0.0400. The first-order chi connectivity index (χ1) is 4.79. The highest BCUT2D eigenvalue weighted by Gasteiger charge is 2.35. The van der Waals surface area contributed by atoms with E-state index >= 15 is 0 Å². The van der Waals surface area contributed by atoms with E-state index in [4.69, 9.17) is 4.74 Å². The van der Waals surface area contributed by atoms with Crippen LogP contribution < -0.4 is 0 Å². The number of hydrogen-bond acceptors (Lipinski definition) is 1. The largest absolute Gasteiger partial charge is 0.384 e. The molecule has 3 atom stereocenters. The van der Waals surface area contributed by atoms with Crippen molar-refractivity contribution in [3.63, 3.8) is 0 Å². The van der Waals surface area contributed by atoms with Gasteiger partial charge in [-0.2, -0.15) is 0 Å². The maximum atomic E-state index is 5.11. The van der Waals surface area contributed by atoms with Crippen molar-refractivity contribution < 1.29 is 4.74 Å². The number of rotatable bonds is 3. The normalized spacial score (nSPS) is 39.3. The fourth-order valence-electron chi connectivity index (χ4n) is 1.98. The maximum absolute atomic E-state index is 5.11. The molecule has 0 spiro atoms. The summed E-state index contributed by atoms with van der Waals surface area (Å²) < 4.78 is 5.11. The van der Waals surface area contributed by atoms with Crippen LogP contribution >= 0.6 is 0 Å². The fraction of sp³-hybridized carbons (Fsp3) is 1.00. The Morgan fingerprint density at radius 3 is 2.50 bits per heavy atom. The molecule has 0 aromatic rings. The lowest BCUT2D eigenvalue weighted by Crippen LogP contribution is -2.36. The lowest BCUT2D eigenvalue weighted by atomic mass is 9.65. The third-order valence-electron chi connectivity index (χ3n) is 3.00. The highest BCUT2D eigenvalue weighted by molar-refractivity contribution is 4.84. The zero-order chi connectivity index (χ0) is 7.56. The standard InChI is InChI=1S/C9H18O/c1-4-8-5-9(6-10-3)7(8)2/h7-9H,4-6H2,1-3H3. The molecule has 1 fully saturated rings. The van der Waals surface area contributed by atoms with Gasteiger partial charge in [-0.15, -0.1) is 0 Å². The van der Waals surface area contributed by atoms with E-state index in [0.29, 0.717) is 0 Å². The van der Waals surface area contributed by atoms with E-state index in [1.807, 2.05) is 0 Å². The summed E-state index contributed by atoms with van der Waals surface area (Å²) in [7, 11) is 1.80. The Balaban J connectivity index is 2.18. The van der Waals surface area contributed by atoms with Crippen LogP contribution in [-0.4, -0.2) is 13.7 Å². The summed E-state index contributed by atoms with van der Waals surface area (Å²) in [4.78, 5) is 0. The maximum Gasteiger partial charge on any atom is 0.0493 e. The Bertz CT molecular complexity index is 101. The zero-order valence-corrected chi connectivity index (χ0v) is 7.26. The molecule has 1 heteroatoms. The number of hydrogen-bond donors (Lipinski definition) is 0. The number of methoxy groups -OCH3 is 1. The smallest absolute Gasteiger partial charge is 0.0493 e. The SMILES string of the molecule is CCC1CC(COC)C1C. The predicted molar refractivity (Wildman–Crippen MR) is 42.9 cm³/mol. The Morgan fingerprint density at radius 2 is 2.10 bits per heavy atom. The average Bonchev–Trinajstić information content (AvgIpc) is 1.96. The molecule has 1 nitrogen and oxygen atoms in total. The highest BCUT2D eigenvalue weighted by Crippen LogP contribution is 2.41. The van der Waals surface area contributed by atoms with Crippen LogP contribution in [0.4, 0.5) is 0 Å². The van der Waals surface area contributed by atoms with Crippen LogP contribution in [0.2, 0.25) is 0 Å². The van der Waals surface area contributed by atoms with Crippen LogP contribution in [0.5, 0.6) is 0 Å². The van der Waals surface area contributed by atoms with E-state index in [1.54, 1.807) is 7.11 Å². The molecule has 0 saturated heterocycles. The van der Waals surface area contributed by atoms with E-state index in [1.165, 1.54) is 12.8 Å². The predicted octanol–water partition coefficient (Wildman–Crippen LogP) is 2.32. The quantitative estimate of drug-likeness (QED) is 0.587. The van der Waals surface area contributed by atoms with Crippen molar-refractivity contribution in [1.29, 1.82) is 0 Å². The summed E-state index contributed by atoms with van der Waals surface area (Å²) in [5.41, 5.74) is 0. The molecule has 60 valence electrons. The molecule has 0 aromatic heterocycles. The van der Waals surface area contributed by atoms with Gasteiger partial charge in [-0.05, 0) is 24.2 Å². The van der Waals surface area contributed by atoms with Gasteiger partial charge in [0.1, 0.15) is 0 Å². The van der Waals surface area contributed by atoms with E-state index in [0.717, 1.165) is 24.4 Å². The van der Waals surface area contributed by atoms with Gasteiger partial charge in [0.25, 0.3) is 0 Å². The van der Waals surface area contributed by atoms with Crippen molar-refractivity contribution in [2.24, 2.45) is 17.8 Å². The third-order valence-corrected chi connectivity index (χ3v) is 3.00. The molecule has 0 amide bonds. The molecule has 1 aliphatic rings. The average molecular weight is 142 g/mol. The van der Waals surface area contributed by atoms with Crippen molar-refractivity contribution in [2.75, 3.05) is 13.7 Å². The van der Waals surface area contributed by atoms with Crippen LogP contribution in [-0.2, 0) is 4.74 Å². The van der Waals surface area contributed by atoms with Crippen LogP contribution in [0.25, 0.3) is 0 Å². The van der Waals surface area contributed by atoms with Crippen molar-refractivity contribution in [3.8, 4) is 0 Å². The van der Waals surface area contributed by atoms with Gasteiger partial charge in [-0.25, -0.2) is 0 Å². The molecule has 0 N–H and O–H groups in total. The van der Waals surface area contributed by atoms with E-state index in [9.17, 15) is 0 Å². The molecule has 0 heterocycles. The molecule has 1 saturated carbocycles. The third kappa shape index (κ3) is 1.34. The molecule has 0 radical (unpaired) electrons. The molecule has 3 unspecified atom stereocenters. The van der Waals surface area contributed by atoms with Crippen LogP contribution in [0.1, 0.15) is 26.7 Å². The Labute approximate surface area is 63.8 Å². The first kappa shape index (κ1) is 8.06. The van der Waals surface area contributed by atoms with Crippen molar-refractivity contribution >= 4 is 0 Å². The Kier molecular flexibility index (Phi) is 2.72. The summed E-state index contributed by atoms with van der Waals surface area (Å²) in [5, 5.41) is 0. The first-order valence-electron chi connectivity index (χ1n) is 4.28. The summed E-state index contributed by atoms with van der Waals surface area (Å²) >= 11 is 0. The van der Waals surface area contributed by atoms with Gasteiger partial charge in [0.05, 0.1) is 0 Å². The molecular formula is C9H18O. The van der Waals surface area contributed by atoms with Crippen molar-refractivity contribution in [2.45, 2.75) is 26.7 Å². The van der Waals surface area contributed by atoms with E-state index in [-0.39, 0.29) is 0 Å². The summed E-state index contributed by atoms with van der Waals surface area (Å²) in [6.07, 6.45) is 2.74. The molecule has 1 aliphatic carbocycles. The van der Waals surface area contributed by atoms with Gasteiger partial charge >= 0.3 is 0 Å². The lowest BCUT2D eigenvalue weighted by molar-refractivity contribution is 0.0138. The van der Waals surface area contributed by atoms with E-state index < -0.39 is 0 Å². The zero-order valence-electron chi connectivity index (χ0n) is 7.26. The molecular weight excluding hydrogens is 124 g/mol. The summed E-state index contributed by atoms with van der Waals surface area (Å²) in [6.45, 7) is 5.60. The lowest BCUT2D eigenvalue weighted by Gasteiger charge is -2.42. The molecule has 0 aromatic carbocycles. The van der Waals surface area contributed by atoms with E-state index in [2.05, 4.69) is 13.8 Å². The van der Waals surface area contributed by atoms with Crippen LogP contribution in [0, 0.1) is 17.8 Å². The summed E-state index contributed by atoms with van der Waals surface area (Å²) in [5.74, 6) is 2.75. The molecule has 0 bridgehead atoms. The second-order valence-electron chi connectivity index (χ2n) is 3.48. The van der Waals surface area contributed by atoms with Gasteiger partial charge in [-0.1, -0.05) is 20.3 Å². The van der Waals surface area contributed by atoms with Crippen molar-refractivity contribution in [1.82, 2.24) is 0 Å². The highest BCUT2D eigenvalue weighted by atomic mass is 16.5. The second-order valence-corrected chi connectivity index (χ2v) is 3.48. The fourth-order valence-corrected chi connectivity index (χ4v) is 1.98. The summed E-state index contributed by atoms with van der Waals surface area (Å²) in [6, 6.07) is 0. The van der Waals surface area contributed by atoms with Gasteiger partial charge in [-0.3, -0.25) is 0 Å². The monoisotopic (exact) mass is 142 g/mol. The second kappa shape index (κ2) is 3.38. The van der Waals surface area contributed by atoms with Crippen LogP contribution in [0.15, 0.2) is 0 Å².